The fourth-order valence-electron chi connectivity index (χ4n) is 4.04. The van der Waals surface area contributed by atoms with E-state index in [1.54, 1.807) is 0 Å². The minimum atomic E-state index is -3.03. The van der Waals surface area contributed by atoms with Gasteiger partial charge in [0.1, 0.15) is 35.6 Å². The third-order valence-corrected chi connectivity index (χ3v) is 5.58. The number of alkyl halides is 3. The van der Waals surface area contributed by atoms with Crippen molar-refractivity contribution < 1.29 is 36.6 Å². The lowest BCUT2D eigenvalue weighted by atomic mass is 9.74. The van der Waals surface area contributed by atoms with Crippen LogP contribution < -0.4 is 15.8 Å². The van der Waals surface area contributed by atoms with Gasteiger partial charge in [-0.25, -0.2) is 18.8 Å². The summed E-state index contributed by atoms with van der Waals surface area (Å²) in [6.07, 6.45) is 0.915. The van der Waals surface area contributed by atoms with Gasteiger partial charge in [-0.3, -0.25) is 4.79 Å². The van der Waals surface area contributed by atoms with E-state index in [0.717, 1.165) is 18.3 Å². The molecule has 0 saturated carbocycles. The highest BCUT2D eigenvalue weighted by Gasteiger charge is 2.52. The number of nitrogens with one attached hydrogen (secondary N) is 1. The van der Waals surface area contributed by atoms with E-state index in [4.69, 9.17) is 15.2 Å². The van der Waals surface area contributed by atoms with Crippen molar-refractivity contribution in [2.75, 3.05) is 25.2 Å². The van der Waals surface area contributed by atoms with Crippen LogP contribution in [0, 0.1) is 11.7 Å². The van der Waals surface area contributed by atoms with Gasteiger partial charge in [0.05, 0.1) is 25.3 Å². The fraction of sp³-hybridized carbons (Fsp3) is 0.381. The molecule has 1 aromatic heterocycles. The maximum atomic E-state index is 14.9. The largest absolute Gasteiger partial charge is 0.462 e. The van der Waals surface area contributed by atoms with Crippen LogP contribution in [0.15, 0.2) is 41.5 Å². The number of benzene rings is 1. The molecule has 2 aromatic rings. The number of hydrogen-bond acceptors (Lipinski definition) is 7. The minimum Gasteiger partial charge on any atom is -0.462 e. The number of amidine groups is 1. The second-order valence-electron chi connectivity index (χ2n) is 7.54. The molecule has 2 aliphatic rings. The van der Waals surface area contributed by atoms with Crippen LogP contribution in [0.3, 0.4) is 0 Å². The number of nitrogens with zero attached hydrogens (tertiary/aromatic N) is 2. The Morgan fingerprint density at radius 3 is 2.85 bits per heavy atom. The number of anilines is 1. The number of rotatable bonds is 6. The van der Waals surface area contributed by atoms with Gasteiger partial charge in [-0.1, -0.05) is 0 Å². The van der Waals surface area contributed by atoms with E-state index in [-0.39, 0.29) is 35.3 Å². The van der Waals surface area contributed by atoms with Crippen LogP contribution in [-0.2, 0) is 15.0 Å². The van der Waals surface area contributed by atoms with E-state index in [1.165, 1.54) is 18.2 Å². The van der Waals surface area contributed by atoms with Crippen molar-refractivity contribution in [1.29, 1.82) is 0 Å². The summed E-state index contributed by atoms with van der Waals surface area (Å²) in [6.45, 7) is -3.60. The van der Waals surface area contributed by atoms with Crippen molar-refractivity contribution in [3.8, 4) is 5.75 Å². The first kappa shape index (κ1) is 22.8. The SMILES string of the molecule is NC1=N[C@](CF)(c2cc(NC(=O)c3ccc(OC(F)F)cn3)ccc2F)[C@H]2COCC[C@H]2O1. The molecule has 3 atom stereocenters. The number of hydrogen-bond donors (Lipinski definition) is 2. The molecule has 1 aromatic carbocycles. The second-order valence-corrected chi connectivity index (χ2v) is 7.54. The Morgan fingerprint density at radius 1 is 1.33 bits per heavy atom. The van der Waals surface area contributed by atoms with E-state index in [9.17, 15) is 22.4 Å². The average molecular weight is 468 g/mol. The molecule has 33 heavy (non-hydrogen) atoms. The van der Waals surface area contributed by atoms with E-state index in [2.05, 4.69) is 20.0 Å². The molecule has 176 valence electrons. The predicted molar refractivity (Wildman–Crippen MR) is 108 cm³/mol. The van der Waals surface area contributed by atoms with Crippen LogP contribution in [0.25, 0.3) is 0 Å². The quantitative estimate of drug-likeness (QED) is 0.632. The first-order valence-electron chi connectivity index (χ1n) is 10.0. The first-order chi connectivity index (χ1) is 15.8. The summed E-state index contributed by atoms with van der Waals surface area (Å²) in [5, 5.41) is 2.53. The molecule has 3 N–H and O–H groups in total. The Hall–Kier alpha value is -3.41. The average Bonchev–Trinajstić information content (AvgIpc) is 2.79. The number of carbonyl (C=O) groups is 1. The van der Waals surface area contributed by atoms with Crippen molar-refractivity contribution in [3.63, 3.8) is 0 Å². The lowest BCUT2D eigenvalue weighted by Crippen LogP contribution is -2.54. The highest BCUT2D eigenvalue weighted by molar-refractivity contribution is 6.02. The zero-order valence-electron chi connectivity index (χ0n) is 17.1. The Balaban J connectivity index is 1.62. The number of fused-ring (bicyclic) bond motifs is 1. The molecule has 0 spiro atoms. The van der Waals surface area contributed by atoms with Crippen molar-refractivity contribution in [2.24, 2.45) is 16.6 Å². The normalized spacial score (nSPS) is 24.5. The lowest BCUT2D eigenvalue weighted by Gasteiger charge is -2.45. The summed E-state index contributed by atoms with van der Waals surface area (Å²) in [7, 11) is 0. The molecule has 0 aliphatic carbocycles. The van der Waals surface area contributed by atoms with Crippen LogP contribution in [0.2, 0.25) is 0 Å². The van der Waals surface area contributed by atoms with Gasteiger partial charge in [0, 0.05) is 17.7 Å². The van der Waals surface area contributed by atoms with Crippen molar-refractivity contribution in [3.05, 3.63) is 53.6 Å². The van der Waals surface area contributed by atoms with Crippen molar-refractivity contribution >= 4 is 17.6 Å². The third-order valence-electron chi connectivity index (χ3n) is 5.58. The van der Waals surface area contributed by atoms with Gasteiger partial charge in [-0.2, -0.15) is 8.78 Å². The van der Waals surface area contributed by atoms with E-state index in [1.807, 2.05) is 0 Å². The number of carbonyl (C=O) groups excluding carboxylic acids is 1. The Bertz CT molecular complexity index is 1050. The van der Waals surface area contributed by atoms with E-state index >= 15 is 0 Å². The lowest BCUT2D eigenvalue weighted by molar-refractivity contribution is -0.0785. The molecular formula is C21H20F4N4O4. The first-order valence-corrected chi connectivity index (χ1v) is 10.0. The number of nitrogens with two attached hydrogens (primary N) is 1. The maximum Gasteiger partial charge on any atom is 0.387 e. The summed E-state index contributed by atoms with van der Waals surface area (Å²) in [6, 6.07) is 5.74. The van der Waals surface area contributed by atoms with Crippen LogP contribution in [0.4, 0.5) is 23.2 Å². The summed E-state index contributed by atoms with van der Waals surface area (Å²) in [5.41, 5.74) is 4.03. The highest BCUT2D eigenvalue weighted by atomic mass is 19.3. The molecule has 0 unspecified atom stereocenters. The van der Waals surface area contributed by atoms with Crippen LogP contribution >= 0.6 is 0 Å². The fourth-order valence-corrected chi connectivity index (χ4v) is 4.04. The zero-order chi connectivity index (χ0) is 23.6. The molecule has 2 aliphatic heterocycles. The van der Waals surface area contributed by atoms with Gasteiger partial charge in [0.15, 0.2) is 0 Å². The predicted octanol–water partition coefficient (Wildman–Crippen LogP) is 2.99. The number of aromatic nitrogens is 1. The highest BCUT2D eigenvalue weighted by Crippen LogP contribution is 2.44. The molecule has 1 amide bonds. The summed E-state index contributed by atoms with van der Waals surface area (Å²) < 4.78 is 69.1. The van der Waals surface area contributed by atoms with Gasteiger partial charge in [0.2, 0.25) is 0 Å². The van der Waals surface area contributed by atoms with Crippen LogP contribution in [-0.4, -0.2) is 49.5 Å². The second kappa shape index (κ2) is 9.22. The molecule has 1 fully saturated rings. The molecule has 0 bridgehead atoms. The number of halogens is 4. The summed E-state index contributed by atoms with van der Waals surface area (Å²) >= 11 is 0. The number of ether oxygens (including phenoxy) is 3. The standard InChI is InChI=1S/C21H20F4N4O4/c22-10-21(14-9-31-6-5-17(14)33-20(26)29-21)13-7-11(1-3-15(13)23)28-18(30)16-4-2-12(8-27-16)32-19(24)25/h1-4,7-8,14,17,19H,5-6,9-10H2,(H2,26,29)(H,28,30)/t14-,17+,21+/m0/s1. The Labute approximate surface area is 185 Å². The summed E-state index contributed by atoms with van der Waals surface area (Å²) in [4.78, 5) is 20.4. The van der Waals surface area contributed by atoms with Gasteiger partial charge in [-0.15, -0.1) is 0 Å². The van der Waals surface area contributed by atoms with Crippen LogP contribution in [0.1, 0.15) is 22.5 Å². The summed E-state index contributed by atoms with van der Waals surface area (Å²) in [5.74, 6) is -2.28. The zero-order valence-corrected chi connectivity index (χ0v) is 17.1. The van der Waals surface area contributed by atoms with Crippen LogP contribution in [0.5, 0.6) is 5.75 Å². The van der Waals surface area contributed by atoms with E-state index in [0.29, 0.717) is 13.0 Å². The molecule has 8 nitrogen and oxygen atoms in total. The maximum absolute atomic E-state index is 14.9. The van der Waals surface area contributed by atoms with Gasteiger partial charge < -0.3 is 25.3 Å². The Kier molecular flexibility index (Phi) is 6.36. The monoisotopic (exact) mass is 468 g/mol. The topological polar surface area (TPSA) is 108 Å². The molecule has 12 heteroatoms. The molecule has 3 heterocycles. The molecule has 4 rings (SSSR count). The third kappa shape index (κ3) is 4.56. The van der Waals surface area contributed by atoms with E-state index < -0.39 is 42.6 Å². The van der Waals surface area contributed by atoms with Gasteiger partial charge in [-0.05, 0) is 30.3 Å². The number of pyridine rings is 1. The molecule has 0 radical (unpaired) electrons. The smallest absolute Gasteiger partial charge is 0.387 e. The number of amides is 1. The molecular weight excluding hydrogens is 448 g/mol. The number of aliphatic imine (C=N–C) groups is 1. The Morgan fingerprint density at radius 2 is 2.15 bits per heavy atom. The van der Waals surface area contributed by atoms with Gasteiger partial charge in [0.25, 0.3) is 11.9 Å². The molecule has 1 saturated heterocycles. The van der Waals surface area contributed by atoms with Crippen molar-refractivity contribution in [2.45, 2.75) is 24.7 Å². The minimum absolute atomic E-state index is 0.0956. The van der Waals surface area contributed by atoms with Crippen molar-refractivity contribution in [1.82, 2.24) is 4.98 Å². The van der Waals surface area contributed by atoms with Gasteiger partial charge >= 0.3 is 6.61 Å².